The first-order valence-electron chi connectivity index (χ1n) is 8.17. The molecule has 1 atom stereocenters. The van der Waals surface area contributed by atoms with Crippen LogP contribution in [0.25, 0.3) is 0 Å². The molecule has 0 saturated carbocycles. The maximum atomic E-state index is 13.4. The second kappa shape index (κ2) is 7.75. The van der Waals surface area contributed by atoms with E-state index in [1.807, 2.05) is 0 Å². The molecule has 0 aliphatic carbocycles. The topological polar surface area (TPSA) is 75.6 Å². The summed E-state index contributed by atoms with van der Waals surface area (Å²) < 4.78 is 18.7. The van der Waals surface area contributed by atoms with E-state index in [0.29, 0.717) is 31.6 Å². The minimum atomic E-state index is -0.944. The molecule has 6 heteroatoms. The van der Waals surface area contributed by atoms with Gasteiger partial charge in [0.05, 0.1) is 11.3 Å². The van der Waals surface area contributed by atoms with Gasteiger partial charge in [-0.05, 0) is 50.3 Å². The lowest BCUT2D eigenvalue weighted by atomic mass is 9.82. The lowest BCUT2D eigenvalue weighted by molar-refractivity contribution is -0.145. The lowest BCUT2D eigenvalue weighted by Gasteiger charge is -2.29. The molecule has 0 spiro atoms. The van der Waals surface area contributed by atoms with Crippen LogP contribution >= 0.6 is 0 Å². The molecule has 5 nitrogen and oxygen atoms in total. The average molecular weight is 337 g/mol. The number of halogens is 1. The fourth-order valence-electron chi connectivity index (χ4n) is 3.01. The Labute approximate surface area is 141 Å². The van der Waals surface area contributed by atoms with Crippen molar-refractivity contribution < 1.29 is 23.8 Å². The Morgan fingerprint density at radius 1 is 1.38 bits per heavy atom. The lowest BCUT2D eigenvalue weighted by Crippen LogP contribution is -2.45. The number of carbonyl (C=O) groups excluding carboxylic acids is 1. The first kappa shape index (κ1) is 18.4. The second-order valence-corrected chi connectivity index (χ2v) is 6.74. The van der Waals surface area contributed by atoms with Gasteiger partial charge in [-0.3, -0.25) is 9.59 Å². The van der Waals surface area contributed by atoms with E-state index in [1.54, 1.807) is 26.0 Å². The van der Waals surface area contributed by atoms with Gasteiger partial charge in [0, 0.05) is 19.8 Å². The zero-order chi connectivity index (χ0) is 17.7. The zero-order valence-corrected chi connectivity index (χ0v) is 14.0. The van der Waals surface area contributed by atoms with Crippen LogP contribution in [0.15, 0.2) is 24.3 Å². The van der Waals surface area contributed by atoms with Crippen LogP contribution < -0.4 is 5.32 Å². The number of carbonyl (C=O) groups is 2. The van der Waals surface area contributed by atoms with Crippen molar-refractivity contribution >= 4 is 11.9 Å². The van der Waals surface area contributed by atoms with E-state index in [4.69, 9.17) is 4.74 Å². The third kappa shape index (κ3) is 4.32. The highest BCUT2D eigenvalue weighted by molar-refractivity contribution is 5.87. The van der Waals surface area contributed by atoms with Crippen LogP contribution in [0.5, 0.6) is 0 Å². The molecule has 1 aliphatic rings. The van der Waals surface area contributed by atoms with Gasteiger partial charge in [-0.2, -0.15) is 0 Å². The number of ether oxygens (including phenoxy) is 1. The molecule has 2 rings (SSSR count). The predicted octanol–water partition coefficient (Wildman–Crippen LogP) is 2.35. The minimum Gasteiger partial charge on any atom is -0.481 e. The third-order valence-corrected chi connectivity index (χ3v) is 4.75. The Hall–Kier alpha value is -1.95. The van der Waals surface area contributed by atoms with E-state index in [1.165, 1.54) is 12.1 Å². The molecule has 1 heterocycles. The van der Waals surface area contributed by atoms with Crippen LogP contribution in [-0.4, -0.2) is 36.7 Å². The normalized spacial score (nSPS) is 17.3. The molecule has 1 aromatic rings. The number of benzene rings is 1. The number of aliphatic carboxylic acids is 1. The smallest absolute Gasteiger partial charge is 0.308 e. The molecule has 1 amide bonds. The summed E-state index contributed by atoms with van der Waals surface area (Å²) in [7, 11) is 0. The molecule has 0 radical (unpaired) electrons. The van der Waals surface area contributed by atoms with Gasteiger partial charge in [0.2, 0.25) is 5.91 Å². The number of hydrogen-bond donors (Lipinski definition) is 2. The van der Waals surface area contributed by atoms with Crippen LogP contribution in [0.1, 0.15) is 32.3 Å². The van der Waals surface area contributed by atoms with Crippen LogP contribution in [-0.2, 0) is 19.7 Å². The van der Waals surface area contributed by atoms with E-state index >= 15 is 0 Å². The monoisotopic (exact) mass is 337 g/mol. The fraction of sp³-hybridized carbons (Fsp3) is 0.556. The Kier molecular flexibility index (Phi) is 5.94. The zero-order valence-electron chi connectivity index (χ0n) is 14.0. The summed E-state index contributed by atoms with van der Waals surface area (Å²) in [6, 6.07) is 5.90. The Bertz CT molecular complexity index is 596. The number of rotatable bonds is 6. The largest absolute Gasteiger partial charge is 0.481 e. The standard InChI is InChI=1S/C18H24FNO4/c1-18(2,13-4-3-5-14(19)10-13)17(23)20-11-15(16(21)22)12-6-8-24-9-7-12/h3-5,10,12,15H,6-9,11H2,1-2H3,(H,20,23)(H,21,22). The summed E-state index contributed by atoms with van der Waals surface area (Å²) in [5.74, 6) is -2.27. The molecule has 132 valence electrons. The van der Waals surface area contributed by atoms with Crippen molar-refractivity contribution in [3.05, 3.63) is 35.6 Å². The molecular weight excluding hydrogens is 313 g/mol. The summed E-state index contributed by atoms with van der Waals surface area (Å²) in [6.07, 6.45) is 1.36. The number of hydrogen-bond acceptors (Lipinski definition) is 3. The summed E-state index contributed by atoms with van der Waals surface area (Å²) in [5, 5.41) is 12.2. The van der Waals surface area contributed by atoms with Crippen LogP contribution in [0, 0.1) is 17.7 Å². The number of carboxylic acids is 1. The van der Waals surface area contributed by atoms with Crippen LogP contribution in [0.3, 0.4) is 0 Å². The molecule has 1 unspecified atom stereocenters. The molecule has 1 fully saturated rings. The van der Waals surface area contributed by atoms with Crippen molar-refractivity contribution in [3.63, 3.8) is 0 Å². The van der Waals surface area contributed by atoms with Gasteiger partial charge in [-0.1, -0.05) is 12.1 Å². The maximum absolute atomic E-state index is 13.4. The predicted molar refractivity (Wildman–Crippen MR) is 87.1 cm³/mol. The van der Waals surface area contributed by atoms with Crippen LogP contribution in [0.2, 0.25) is 0 Å². The van der Waals surface area contributed by atoms with Gasteiger partial charge < -0.3 is 15.2 Å². The van der Waals surface area contributed by atoms with E-state index < -0.39 is 23.1 Å². The molecular formula is C18H24FNO4. The average Bonchev–Trinajstić information content (AvgIpc) is 2.55. The van der Waals surface area contributed by atoms with E-state index in [-0.39, 0.29) is 18.4 Å². The minimum absolute atomic E-state index is 0.00571. The van der Waals surface area contributed by atoms with Crippen molar-refractivity contribution in [2.45, 2.75) is 32.1 Å². The van der Waals surface area contributed by atoms with Gasteiger partial charge in [0.15, 0.2) is 0 Å². The highest BCUT2D eigenvalue weighted by atomic mass is 19.1. The van der Waals surface area contributed by atoms with E-state index in [9.17, 15) is 19.1 Å². The summed E-state index contributed by atoms with van der Waals surface area (Å²) >= 11 is 0. The van der Waals surface area contributed by atoms with Crippen molar-refractivity contribution in [2.75, 3.05) is 19.8 Å². The molecule has 1 saturated heterocycles. The highest BCUT2D eigenvalue weighted by Crippen LogP contribution is 2.26. The number of carboxylic acid groups (broad SMARTS) is 1. The molecule has 1 aliphatic heterocycles. The molecule has 1 aromatic carbocycles. The molecule has 0 bridgehead atoms. The highest BCUT2D eigenvalue weighted by Gasteiger charge is 2.34. The van der Waals surface area contributed by atoms with Crippen molar-refractivity contribution in [1.29, 1.82) is 0 Å². The SMILES string of the molecule is CC(C)(C(=O)NCC(C(=O)O)C1CCOCC1)c1cccc(F)c1. The summed E-state index contributed by atoms with van der Waals surface area (Å²) in [6.45, 7) is 4.56. The quantitative estimate of drug-likeness (QED) is 0.835. The molecule has 0 aromatic heterocycles. The van der Waals surface area contributed by atoms with Gasteiger partial charge in [0.1, 0.15) is 5.82 Å². The number of amides is 1. The van der Waals surface area contributed by atoms with E-state index in [2.05, 4.69) is 5.32 Å². The van der Waals surface area contributed by atoms with Crippen molar-refractivity contribution in [3.8, 4) is 0 Å². The van der Waals surface area contributed by atoms with Crippen LogP contribution in [0.4, 0.5) is 4.39 Å². The van der Waals surface area contributed by atoms with Crippen molar-refractivity contribution in [1.82, 2.24) is 5.32 Å². The van der Waals surface area contributed by atoms with Gasteiger partial charge in [-0.15, -0.1) is 0 Å². The Morgan fingerprint density at radius 2 is 2.04 bits per heavy atom. The van der Waals surface area contributed by atoms with E-state index in [0.717, 1.165) is 0 Å². The fourth-order valence-corrected chi connectivity index (χ4v) is 3.01. The summed E-state index contributed by atoms with van der Waals surface area (Å²) in [5.41, 5.74) is -0.390. The molecule has 2 N–H and O–H groups in total. The first-order chi connectivity index (χ1) is 11.3. The second-order valence-electron chi connectivity index (χ2n) is 6.74. The molecule has 24 heavy (non-hydrogen) atoms. The van der Waals surface area contributed by atoms with Gasteiger partial charge in [-0.25, -0.2) is 4.39 Å². The summed E-state index contributed by atoms with van der Waals surface area (Å²) in [4.78, 5) is 24.1. The van der Waals surface area contributed by atoms with Gasteiger partial charge >= 0.3 is 5.97 Å². The maximum Gasteiger partial charge on any atom is 0.308 e. The first-order valence-corrected chi connectivity index (χ1v) is 8.17. The van der Waals surface area contributed by atoms with Gasteiger partial charge in [0.25, 0.3) is 0 Å². The Morgan fingerprint density at radius 3 is 2.62 bits per heavy atom. The third-order valence-electron chi connectivity index (χ3n) is 4.75. The Balaban J connectivity index is 2.03. The number of nitrogens with one attached hydrogen (secondary N) is 1. The van der Waals surface area contributed by atoms with Crippen molar-refractivity contribution in [2.24, 2.45) is 11.8 Å².